The fourth-order valence-electron chi connectivity index (χ4n) is 4.11. The third kappa shape index (κ3) is 3.18. The molecular weight excluding hydrogens is 312 g/mol. The van der Waals surface area contributed by atoms with Crippen molar-refractivity contribution < 1.29 is 14.3 Å². The molecule has 6 heteroatoms. The molecule has 5 nitrogen and oxygen atoms in total. The minimum Gasteiger partial charge on any atom is -0.379 e. The summed E-state index contributed by atoms with van der Waals surface area (Å²) < 4.78 is 11.6. The normalized spacial score (nSPS) is 32.0. The maximum absolute atomic E-state index is 12.8. The highest BCUT2D eigenvalue weighted by atomic mass is 32.1. The van der Waals surface area contributed by atoms with Crippen LogP contribution in [0.15, 0.2) is 17.5 Å². The fraction of sp³-hybridized carbons (Fsp3) is 0.706. The summed E-state index contributed by atoms with van der Waals surface area (Å²) in [6.45, 7) is 5.11. The number of morpholine rings is 1. The van der Waals surface area contributed by atoms with Gasteiger partial charge in [0.05, 0.1) is 37.8 Å². The van der Waals surface area contributed by atoms with E-state index in [-0.39, 0.29) is 18.1 Å². The van der Waals surface area contributed by atoms with Gasteiger partial charge in [-0.15, -0.1) is 11.3 Å². The lowest BCUT2D eigenvalue weighted by Crippen LogP contribution is -2.51. The average Bonchev–Trinajstić information content (AvgIpc) is 3.23. The first-order valence-corrected chi connectivity index (χ1v) is 9.46. The molecule has 0 N–H and O–H groups in total. The lowest BCUT2D eigenvalue weighted by Gasteiger charge is -2.37. The Morgan fingerprint density at radius 1 is 1.26 bits per heavy atom. The van der Waals surface area contributed by atoms with Crippen molar-refractivity contribution in [1.29, 1.82) is 0 Å². The molecule has 0 aromatic carbocycles. The Kier molecular flexibility index (Phi) is 4.66. The van der Waals surface area contributed by atoms with Gasteiger partial charge in [-0.3, -0.25) is 9.69 Å². The van der Waals surface area contributed by atoms with E-state index in [1.54, 1.807) is 11.3 Å². The second kappa shape index (κ2) is 6.89. The first-order valence-electron chi connectivity index (χ1n) is 8.58. The van der Waals surface area contributed by atoms with Crippen molar-refractivity contribution >= 4 is 17.2 Å². The summed E-state index contributed by atoms with van der Waals surface area (Å²) in [5, 5.41) is 2.04. The van der Waals surface area contributed by atoms with E-state index < -0.39 is 0 Å². The van der Waals surface area contributed by atoms with Gasteiger partial charge in [0.25, 0.3) is 0 Å². The van der Waals surface area contributed by atoms with Gasteiger partial charge in [0.15, 0.2) is 0 Å². The molecule has 0 spiro atoms. The molecule has 0 saturated carbocycles. The first kappa shape index (κ1) is 15.6. The molecule has 3 atom stereocenters. The second-order valence-electron chi connectivity index (χ2n) is 6.56. The summed E-state index contributed by atoms with van der Waals surface area (Å²) in [7, 11) is 0. The highest BCUT2D eigenvalue weighted by Gasteiger charge is 2.48. The highest BCUT2D eigenvalue weighted by Crippen LogP contribution is 2.32. The summed E-state index contributed by atoms with van der Waals surface area (Å²) in [5.74, 6) is 0.253. The monoisotopic (exact) mass is 336 g/mol. The van der Waals surface area contributed by atoms with Crippen LogP contribution in [0.5, 0.6) is 0 Å². The number of fused-ring (bicyclic) bond motifs is 1. The van der Waals surface area contributed by atoms with E-state index in [1.807, 2.05) is 17.5 Å². The van der Waals surface area contributed by atoms with Crippen LogP contribution in [0.3, 0.4) is 0 Å². The molecule has 4 rings (SSSR count). The number of nitrogens with zero attached hydrogens (tertiary/aromatic N) is 2. The van der Waals surface area contributed by atoms with E-state index in [0.717, 1.165) is 57.2 Å². The second-order valence-corrected chi connectivity index (χ2v) is 7.60. The molecule has 0 bridgehead atoms. The van der Waals surface area contributed by atoms with Crippen LogP contribution >= 0.6 is 11.3 Å². The fourth-order valence-corrected chi connectivity index (χ4v) is 4.81. The molecule has 1 aromatic heterocycles. The summed E-state index contributed by atoms with van der Waals surface area (Å²) in [4.78, 5) is 18.5. The third-order valence-electron chi connectivity index (χ3n) is 5.24. The molecular formula is C17H24N2O3S. The Labute approximate surface area is 141 Å². The molecule has 0 radical (unpaired) electrons. The minimum absolute atomic E-state index is 0.175. The van der Waals surface area contributed by atoms with Gasteiger partial charge in [-0.05, 0) is 24.3 Å². The number of amides is 1. The van der Waals surface area contributed by atoms with Crippen molar-refractivity contribution in [2.75, 3.05) is 39.5 Å². The zero-order chi connectivity index (χ0) is 15.6. The summed E-state index contributed by atoms with van der Waals surface area (Å²) in [5.41, 5.74) is 0. The van der Waals surface area contributed by atoms with Crippen molar-refractivity contribution in [1.82, 2.24) is 9.80 Å². The Hall–Kier alpha value is -0.950. The van der Waals surface area contributed by atoms with Crippen molar-refractivity contribution in [3.63, 3.8) is 0 Å². The highest BCUT2D eigenvalue weighted by molar-refractivity contribution is 7.10. The predicted octanol–water partition coefficient (Wildman–Crippen LogP) is 1.38. The van der Waals surface area contributed by atoms with Crippen LogP contribution in [0.4, 0.5) is 0 Å². The molecule has 23 heavy (non-hydrogen) atoms. The van der Waals surface area contributed by atoms with E-state index in [2.05, 4.69) is 9.80 Å². The Bertz CT molecular complexity index is 530. The third-order valence-corrected chi connectivity index (χ3v) is 6.11. The number of carbonyl (C=O) groups is 1. The van der Waals surface area contributed by atoms with Crippen LogP contribution in [0.25, 0.3) is 0 Å². The predicted molar refractivity (Wildman–Crippen MR) is 88.7 cm³/mol. The maximum Gasteiger partial charge on any atom is 0.228 e. The topological polar surface area (TPSA) is 42.0 Å². The van der Waals surface area contributed by atoms with Crippen LogP contribution < -0.4 is 0 Å². The Balaban J connectivity index is 1.49. The minimum atomic E-state index is 0.175. The Morgan fingerprint density at radius 2 is 2.13 bits per heavy atom. The summed E-state index contributed by atoms with van der Waals surface area (Å²) in [6.07, 6.45) is 2.83. The van der Waals surface area contributed by atoms with Crippen molar-refractivity contribution in [2.24, 2.45) is 0 Å². The summed E-state index contributed by atoms with van der Waals surface area (Å²) in [6, 6.07) is 4.65. The van der Waals surface area contributed by atoms with Gasteiger partial charge in [0, 0.05) is 31.1 Å². The Morgan fingerprint density at radius 3 is 2.91 bits per heavy atom. The number of thiophene rings is 1. The van der Waals surface area contributed by atoms with Gasteiger partial charge < -0.3 is 14.4 Å². The van der Waals surface area contributed by atoms with E-state index in [1.165, 1.54) is 0 Å². The number of ether oxygens (including phenoxy) is 2. The lowest BCUT2D eigenvalue weighted by molar-refractivity contribution is -0.133. The number of rotatable bonds is 3. The van der Waals surface area contributed by atoms with E-state index in [9.17, 15) is 4.79 Å². The molecule has 3 saturated heterocycles. The number of likely N-dealkylation sites (tertiary alicyclic amines) is 1. The van der Waals surface area contributed by atoms with Gasteiger partial charge >= 0.3 is 0 Å². The van der Waals surface area contributed by atoms with Crippen LogP contribution in [0, 0.1) is 0 Å². The largest absolute Gasteiger partial charge is 0.379 e. The van der Waals surface area contributed by atoms with Gasteiger partial charge in [0.1, 0.15) is 0 Å². The van der Waals surface area contributed by atoms with Crippen LogP contribution in [-0.2, 0) is 20.7 Å². The molecule has 126 valence electrons. The first-order chi connectivity index (χ1) is 11.3. The van der Waals surface area contributed by atoms with Gasteiger partial charge in [0.2, 0.25) is 5.91 Å². The standard InChI is InChI=1S/C17H24N2O3S/c20-16(11-13-3-2-10-23-13)19-12-15(18-5-8-21-9-6-18)17-14(19)4-1-7-22-17/h2-3,10,14-15,17H,1,4-9,11-12H2/t14-,15-,17+/m0/s1. The van der Waals surface area contributed by atoms with Gasteiger partial charge in [-0.1, -0.05) is 6.07 Å². The lowest BCUT2D eigenvalue weighted by atomic mass is 9.99. The molecule has 4 heterocycles. The van der Waals surface area contributed by atoms with Crippen LogP contribution in [0.2, 0.25) is 0 Å². The zero-order valence-electron chi connectivity index (χ0n) is 13.4. The number of carbonyl (C=O) groups excluding carboxylic acids is 1. The van der Waals surface area contributed by atoms with E-state index in [0.29, 0.717) is 12.5 Å². The molecule has 1 aromatic rings. The van der Waals surface area contributed by atoms with Crippen molar-refractivity contribution in [3.8, 4) is 0 Å². The number of hydrogen-bond donors (Lipinski definition) is 0. The van der Waals surface area contributed by atoms with E-state index in [4.69, 9.17) is 9.47 Å². The zero-order valence-corrected chi connectivity index (χ0v) is 14.2. The molecule has 0 aliphatic carbocycles. The SMILES string of the molecule is O=C(Cc1cccs1)N1C[C@H](N2CCOCC2)[C@@H]2OCCC[C@@H]21. The molecule has 0 unspecified atom stereocenters. The van der Waals surface area contributed by atoms with Crippen LogP contribution in [0.1, 0.15) is 17.7 Å². The van der Waals surface area contributed by atoms with Crippen molar-refractivity contribution in [2.45, 2.75) is 37.5 Å². The van der Waals surface area contributed by atoms with Crippen LogP contribution in [-0.4, -0.2) is 73.3 Å². The van der Waals surface area contributed by atoms with E-state index >= 15 is 0 Å². The average molecular weight is 336 g/mol. The summed E-state index contributed by atoms with van der Waals surface area (Å²) >= 11 is 1.66. The van der Waals surface area contributed by atoms with Gasteiger partial charge in [-0.25, -0.2) is 0 Å². The van der Waals surface area contributed by atoms with Crippen molar-refractivity contribution in [3.05, 3.63) is 22.4 Å². The maximum atomic E-state index is 12.8. The van der Waals surface area contributed by atoms with Gasteiger partial charge in [-0.2, -0.15) is 0 Å². The number of hydrogen-bond acceptors (Lipinski definition) is 5. The smallest absolute Gasteiger partial charge is 0.228 e. The quantitative estimate of drug-likeness (QED) is 0.836. The molecule has 1 amide bonds. The molecule has 3 aliphatic rings. The molecule has 3 fully saturated rings. The molecule has 3 aliphatic heterocycles.